The number of carboxylic acids is 1. The van der Waals surface area contributed by atoms with Crippen LogP contribution >= 0.6 is 0 Å². The van der Waals surface area contributed by atoms with Gasteiger partial charge in [0.1, 0.15) is 5.82 Å². The maximum atomic E-state index is 13.4. The number of aromatic nitrogens is 2. The first-order valence-electron chi connectivity index (χ1n) is 7.60. The lowest BCUT2D eigenvalue weighted by atomic mass is 9.81. The van der Waals surface area contributed by atoms with Crippen molar-refractivity contribution in [2.75, 3.05) is 18.0 Å². The van der Waals surface area contributed by atoms with Crippen LogP contribution in [0.3, 0.4) is 0 Å². The van der Waals surface area contributed by atoms with Crippen molar-refractivity contribution in [3.8, 4) is 0 Å². The Morgan fingerprint density at radius 2 is 2.04 bits per heavy atom. The summed E-state index contributed by atoms with van der Waals surface area (Å²) in [6.07, 6.45) is 3.99. The molecule has 1 aromatic carbocycles. The topological polar surface area (TPSA) is 66.3 Å². The SMILES string of the molecule is O=C(O)[C@@]12CCC[C@H]1CN(c1cnc3cc(F)c(F)cc3n1)C2. The van der Waals surface area contributed by atoms with Gasteiger partial charge in [-0.2, -0.15) is 0 Å². The normalized spacial score (nSPS) is 26.7. The molecule has 1 saturated carbocycles. The van der Waals surface area contributed by atoms with E-state index in [0.29, 0.717) is 25.3 Å². The molecule has 0 spiro atoms. The van der Waals surface area contributed by atoms with Crippen LogP contribution in [0.15, 0.2) is 18.3 Å². The first-order chi connectivity index (χ1) is 11.0. The summed E-state index contributed by atoms with van der Waals surface area (Å²) in [5.74, 6) is -2.07. The van der Waals surface area contributed by atoms with E-state index >= 15 is 0 Å². The quantitative estimate of drug-likeness (QED) is 0.921. The summed E-state index contributed by atoms with van der Waals surface area (Å²) < 4.78 is 26.6. The predicted molar refractivity (Wildman–Crippen MR) is 79.1 cm³/mol. The molecular formula is C16H15F2N3O2. The fourth-order valence-electron chi connectivity index (χ4n) is 3.96. The van der Waals surface area contributed by atoms with E-state index in [1.807, 2.05) is 4.90 Å². The van der Waals surface area contributed by atoms with Gasteiger partial charge in [0.2, 0.25) is 0 Å². The number of carboxylic acid groups (broad SMARTS) is 1. The van der Waals surface area contributed by atoms with Crippen molar-refractivity contribution in [3.05, 3.63) is 30.0 Å². The fraction of sp³-hybridized carbons (Fsp3) is 0.438. The van der Waals surface area contributed by atoms with Gasteiger partial charge in [-0.1, -0.05) is 6.42 Å². The Balaban J connectivity index is 1.70. The lowest BCUT2D eigenvalue weighted by Gasteiger charge is -2.23. The Bertz CT molecular complexity index is 813. The zero-order valence-electron chi connectivity index (χ0n) is 12.3. The highest BCUT2D eigenvalue weighted by atomic mass is 19.2. The molecule has 0 radical (unpaired) electrons. The number of rotatable bonds is 2. The summed E-state index contributed by atoms with van der Waals surface area (Å²) in [6.45, 7) is 0.993. The highest BCUT2D eigenvalue weighted by molar-refractivity contribution is 5.79. The molecule has 1 aliphatic carbocycles. The van der Waals surface area contributed by atoms with Crippen LogP contribution in [-0.2, 0) is 4.79 Å². The van der Waals surface area contributed by atoms with Crippen LogP contribution in [0.1, 0.15) is 19.3 Å². The molecule has 2 aliphatic rings. The molecule has 1 aromatic heterocycles. The van der Waals surface area contributed by atoms with Crippen molar-refractivity contribution >= 4 is 22.8 Å². The molecule has 1 aliphatic heterocycles. The lowest BCUT2D eigenvalue weighted by molar-refractivity contribution is -0.149. The van der Waals surface area contributed by atoms with Crippen molar-refractivity contribution in [2.45, 2.75) is 19.3 Å². The predicted octanol–water partition coefficient (Wildman–Crippen LogP) is 2.60. The minimum absolute atomic E-state index is 0.0995. The highest BCUT2D eigenvalue weighted by Gasteiger charge is 2.55. The molecule has 1 N–H and O–H groups in total. The summed E-state index contributed by atoms with van der Waals surface area (Å²) in [6, 6.07) is 2.03. The van der Waals surface area contributed by atoms with Gasteiger partial charge in [0.15, 0.2) is 11.6 Å². The Labute approximate surface area is 131 Å². The van der Waals surface area contributed by atoms with Gasteiger partial charge < -0.3 is 10.0 Å². The van der Waals surface area contributed by atoms with Crippen LogP contribution < -0.4 is 4.90 Å². The maximum absolute atomic E-state index is 13.4. The number of aliphatic carboxylic acids is 1. The number of fused-ring (bicyclic) bond motifs is 2. The minimum atomic E-state index is -0.968. The van der Waals surface area contributed by atoms with Gasteiger partial charge >= 0.3 is 5.97 Å². The number of hydrogen-bond acceptors (Lipinski definition) is 4. The lowest BCUT2D eigenvalue weighted by Crippen LogP contribution is -2.35. The number of benzene rings is 1. The second kappa shape index (κ2) is 4.84. The molecule has 23 heavy (non-hydrogen) atoms. The molecule has 2 atom stereocenters. The molecule has 2 fully saturated rings. The van der Waals surface area contributed by atoms with Gasteiger partial charge in [0.25, 0.3) is 0 Å². The number of carbonyl (C=O) groups is 1. The average molecular weight is 319 g/mol. The smallest absolute Gasteiger partial charge is 0.311 e. The van der Waals surface area contributed by atoms with Crippen LogP contribution in [0.25, 0.3) is 11.0 Å². The standard InChI is InChI=1S/C16H15F2N3O2/c17-10-4-12-13(5-11(10)18)20-14(6-19-12)21-7-9-2-1-3-16(9,8-21)15(22)23/h4-6,9H,1-3,7-8H2,(H,22,23)/t9-,16+/m0/s1. The zero-order valence-corrected chi connectivity index (χ0v) is 12.3. The number of halogens is 2. The van der Waals surface area contributed by atoms with Crippen molar-refractivity contribution in [1.82, 2.24) is 9.97 Å². The second-order valence-corrected chi connectivity index (χ2v) is 6.41. The van der Waals surface area contributed by atoms with E-state index in [0.717, 1.165) is 25.0 Å². The molecule has 4 rings (SSSR count). The van der Waals surface area contributed by atoms with Gasteiger partial charge in [0.05, 0.1) is 22.6 Å². The monoisotopic (exact) mass is 319 g/mol. The Morgan fingerprint density at radius 1 is 1.30 bits per heavy atom. The Morgan fingerprint density at radius 3 is 2.74 bits per heavy atom. The molecular weight excluding hydrogens is 304 g/mol. The minimum Gasteiger partial charge on any atom is -0.481 e. The Kier molecular flexibility index (Phi) is 3.01. The molecule has 0 bridgehead atoms. The van der Waals surface area contributed by atoms with Crippen molar-refractivity contribution < 1.29 is 18.7 Å². The van der Waals surface area contributed by atoms with Gasteiger partial charge in [-0.3, -0.25) is 9.78 Å². The van der Waals surface area contributed by atoms with Gasteiger partial charge in [0, 0.05) is 25.2 Å². The van der Waals surface area contributed by atoms with E-state index in [2.05, 4.69) is 9.97 Å². The van der Waals surface area contributed by atoms with Crippen LogP contribution in [0.4, 0.5) is 14.6 Å². The molecule has 120 valence electrons. The van der Waals surface area contributed by atoms with E-state index in [9.17, 15) is 18.7 Å². The van der Waals surface area contributed by atoms with Gasteiger partial charge in [-0.05, 0) is 18.8 Å². The maximum Gasteiger partial charge on any atom is 0.311 e. The van der Waals surface area contributed by atoms with E-state index in [1.165, 1.54) is 6.20 Å². The summed E-state index contributed by atoms with van der Waals surface area (Å²) in [7, 11) is 0. The van der Waals surface area contributed by atoms with E-state index in [1.54, 1.807) is 0 Å². The third-order valence-corrected chi connectivity index (χ3v) is 5.19. The van der Waals surface area contributed by atoms with Gasteiger partial charge in [-0.15, -0.1) is 0 Å². The zero-order chi connectivity index (χ0) is 16.2. The van der Waals surface area contributed by atoms with Crippen molar-refractivity contribution in [1.29, 1.82) is 0 Å². The Hall–Kier alpha value is -2.31. The van der Waals surface area contributed by atoms with E-state index in [-0.39, 0.29) is 17.0 Å². The van der Waals surface area contributed by atoms with Crippen LogP contribution in [0, 0.1) is 23.0 Å². The van der Waals surface area contributed by atoms with Gasteiger partial charge in [-0.25, -0.2) is 13.8 Å². The summed E-state index contributed by atoms with van der Waals surface area (Å²) in [4.78, 5) is 22.1. The largest absolute Gasteiger partial charge is 0.481 e. The first-order valence-corrected chi connectivity index (χ1v) is 7.60. The number of hydrogen-bond donors (Lipinski definition) is 1. The first kappa shape index (κ1) is 14.3. The molecule has 7 heteroatoms. The van der Waals surface area contributed by atoms with Crippen molar-refractivity contribution in [3.63, 3.8) is 0 Å². The third kappa shape index (κ3) is 2.06. The molecule has 2 aromatic rings. The van der Waals surface area contributed by atoms with Crippen LogP contribution in [0.2, 0.25) is 0 Å². The second-order valence-electron chi connectivity index (χ2n) is 6.41. The molecule has 1 saturated heterocycles. The number of anilines is 1. The molecule has 2 heterocycles. The summed E-state index contributed by atoms with van der Waals surface area (Å²) in [5, 5.41) is 9.62. The van der Waals surface area contributed by atoms with Crippen molar-refractivity contribution in [2.24, 2.45) is 11.3 Å². The summed E-state index contributed by atoms with van der Waals surface area (Å²) in [5.41, 5.74) is -0.173. The molecule has 0 amide bonds. The van der Waals surface area contributed by atoms with Crippen LogP contribution in [-0.4, -0.2) is 34.1 Å². The van der Waals surface area contributed by atoms with Crippen LogP contribution in [0.5, 0.6) is 0 Å². The molecule has 5 nitrogen and oxygen atoms in total. The number of nitrogens with zero attached hydrogens (tertiary/aromatic N) is 3. The average Bonchev–Trinajstić information content (AvgIpc) is 3.06. The van der Waals surface area contributed by atoms with E-state index in [4.69, 9.17) is 0 Å². The summed E-state index contributed by atoms with van der Waals surface area (Å²) >= 11 is 0. The van der Waals surface area contributed by atoms with E-state index < -0.39 is 23.0 Å². The third-order valence-electron chi connectivity index (χ3n) is 5.19. The highest BCUT2D eigenvalue weighted by Crippen LogP contribution is 2.49. The molecule has 0 unspecified atom stereocenters. The fourth-order valence-corrected chi connectivity index (χ4v) is 3.96.